The van der Waals surface area contributed by atoms with Crippen LogP contribution in [0.5, 0.6) is 0 Å². The van der Waals surface area contributed by atoms with Gasteiger partial charge in [-0.1, -0.05) is 6.08 Å². The second-order valence-corrected chi connectivity index (χ2v) is 6.50. The van der Waals surface area contributed by atoms with Gasteiger partial charge in [-0.15, -0.1) is 0 Å². The summed E-state index contributed by atoms with van der Waals surface area (Å²) in [5.41, 5.74) is -0.768. The molecule has 0 aliphatic heterocycles. The Morgan fingerprint density at radius 1 is 1.32 bits per heavy atom. The van der Waals surface area contributed by atoms with E-state index in [2.05, 4.69) is 0 Å². The first-order chi connectivity index (χ1) is 9.81. The number of benzene rings is 1. The van der Waals surface area contributed by atoms with Crippen molar-refractivity contribution in [3.8, 4) is 0 Å². The molecule has 1 aromatic carbocycles. The molecule has 0 fully saturated rings. The Kier molecular flexibility index (Phi) is 6.54. The molecule has 1 atom stereocenters. The number of aliphatic carboxylic acids is 1. The van der Waals surface area contributed by atoms with E-state index >= 15 is 0 Å². The minimum Gasteiger partial charge on any atom is -0.545 e. The number of hydrogen-bond donors (Lipinski definition) is 1. The van der Waals surface area contributed by atoms with Gasteiger partial charge in [-0.2, -0.15) is 0 Å². The molecule has 0 radical (unpaired) electrons. The van der Waals surface area contributed by atoms with Gasteiger partial charge >= 0.3 is 29.6 Å². The van der Waals surface area contributed by atoms with Gasteiger partial charge in [0.2, 0.25) is 10.0 Å². The summed E-state index contributed by atoms with van der Waals surface area (Å²) in [6.45, 7) is 0. The van der Waals surface area contributed by atoms with Crippen LogP contribution < -0.4 is 39.4 Å². The number of carbonyl (C=O) groups excluding carboxylic acids is 1. The second kappa shape index (κ2) is 7.54. The Labute approximate surface area is 148 Å². The van der Waals surface area contributed by atoms with Crippen molar-refractivity contribution in [2.45, 2.75) is 24.5 Å². The molecule has 9 heteroatoms. The minimum atomic E-state index is -4.17. The first kappa shape index (κ1) is 19.1. The summed E-state index contributed by atoms with van der Waals surface area (Å²) < 4.78 is 52.7. The van der Waals surface area contributed by atoms with Crippen molar-refractivity contribution < 1.29 is 56.7 Å². The van der Waals surface area contributed by atoms with Crippen molar-refractivity contribution in [1.29, 1.82) is 0 Å². The van der Waals surface area contributed by atoms with Crippen LogP contribution in [0.25, 0.3) is 0 Å². The number of anilines is 1. The fourth-order valence-corrected chi connectivity index (χ4v) is 3.80. The molecule has 0 saturated carbocycles. The van der Waals surface area contributed by atoms with Crippen LogP contribution in [0.2, 0.25) is 0 Å². The van der Waals surface area contributed by atoms with Crippen LogP contribution in [0.4, 0.5) is 14.5 Å². The molecule has 22 heavy (non-hydrogen) atoms. The van der Waals surface area contributed by atoms with Crippen LogP contribution in [0, 0.1) is 11.6 Å². The third-order valence-electron chi connectivity index (χ3n) is 3.18. The predicted octanol–water partition coefficient (Wildman–Crippen LogP) is -2.06. The van der Waals surface area contributed by atoms with Gasteiger partial charge in [0.05, 0.1) is 11.7 Å². The minimum absolute atomic E-state index is 0. The molecule has 1 N–H and O–H groups in total. The molecule has 0 amide bonds. The Hall–Kier alpha value is -0.960. The van der Waals surface area contributed by atoms with E-state index < -0.39 is 38.6 Å². The number of carbonyl (C=O) groups is 1. The number of carboxylic acids is 1. The van der Waals surface area contributed by atoms with Crippen molar-refractivity contribution in [2.24, 2.45) is 0 Å². The van der Waals surface area contributed by atoms with Gasteiger partial charge in [-0.05, 0) is 37.0 Å². The maximum Gasteiger partial charge on any atom is 1.00 e. The Bertz CT molecular complexity index is 706. The maximum absolute atomic E-state index is 13.5. The molecule has 1 aliphatic rings. The molecule has 1 aromatic rings. The number of allylic oxidation sites excluding steroid dienone is 1. The topological polar surface area (TPSA) is 86.3 Å². The molecule has 0 aromatic heterocycles. The molecule has 2 rings (SSSR count). The zero-order chi connectivity index (χ0) is 15.6. The fourth-order valence-electron chi connectivity index (χ4n) is 2.18. The van der Waals surface area contributed by atoms with Crippen molar-refractivity contribution in [2.75, 3.05) is 4.72 Å². The Balaban J connectivity index is 0.00000242. The normalized spacial score (nSPS) is 18.1. The summed E-state index contributed by atoms with van der Waals surface area (Å²) in [6.07, 6.45) is 2.33. The molecule has 1 aliphatic carbocycles. The number of sulfonamides is 1. The van der Waals surface area contributed by atoms with Gasteiger partial charge in [0, 0.05) is 6.07 Å². The van der Waals surface area contributed by atoms with Gasteiger partial charge < -0.3 is 9.90 Å². The Morgan fingerprint density at radius 3 is 2.59 bits per heavy atom. The van der Waals surface area contributed by atoms with E-state index in [4.69, 9.17) is 0 Å². The van der Waals surface area contributed by atoms with Crippen LogP contribution in [0.3, 0.4) is 0 Å². The van der Waals surface area contributed by atoms with Crippen molar-refractivity contribution in [1.82, 2.24) is 0 Å². The molecule has 114 valence electrons. The predicted molar refractivity (Wildman–Crippen MR) is 69.6 cm³/mol. The zero-order valence-electron chi connectivity index (χ0n) is 11.8. The molecule has 0 spiro atoms. The first-order valence-corrected chi connectivity index (χ1v) is 7.74. The van der Waals surface area contributed by atoms with E-state index in [1.165, 1.54) is 6.08 Å². The van der Waals surface area contributed by atoms with Gasteiger partial charge in [-0.3, -0.25) is 4.72 Å². The maximum atomic E-state index is 13.5. The van der Waals surface area contributed by atoms with E-state index in [-0.39, 0.29) is 41.6 Å². The van der Waals surface area contributed by atoms with Crippen molar-refractivity contribution in [3.05, 3.63) is 41.5 Å². The summed E-state index contributed by atoms with van der Waals surface area (Å²) in [5, 5.41) is 9.66. The summed E-state index contributed by atoms with van der Waals surface area (Å²) in [7, 11) is -4.17. The number of hydrogen-bond acceptors (Lipinski definition) is 4. The zero-order valence-corrected chi connectivity index (χ0v) is 14.6. The quantitative estimate of drug-likeness (QED) is 0.639. The van der Waals surface area contributed by atoms with Gasteiger partial charge in [0.15, 0.2) is 0 Å². The average molecular weight is 339 g/mol. The SMILES string of the molecule is O=C([O-])C1=CCCCC1S(=O)(=O)Nc1ccc(F)cc1F.[Na+]. The van der Waals surface area contributed by atoms with Crippen LogP contribution in [-0.4, -0.2) is 19.6 Å². The molecule has 0 bridgehead atoms. The van der Waals surface area contributed by atoms with E-state index in [0.717, 1.165) is 12.1 Å². The summed E-state index contributed by atoms with van der Waals surface area (Å²) in [6, 6.07) is 2.37. The number of halogens is 2. The summed E-state index contributed by atoms with van der Waals surface area (Å²) in [4.78, 5) is 11.0. The van der Waals surface area contributed by atoms with Gasteiger partial charge in [0.25, 0.3) is 0 Å². The van der Waals surface area contributed by atoms with Crippen LogP contribution in [0.1, 0.15) is 19.3 Å². The first-order valence-electron chi connectivity index (χ1n) is 6.19. The standard InChI is InChI=1S/C13H13F2NO4S.Na/c14-8-5-6-11(10(15)7-8)16-21(19,20)12-4-2-1-3-9(12)13(17)18;/h3,5-7,12,16H,1-2,4H2,(H,17,18);/q;+1/p-1. The molecule has 0 heterocycles. The third kappa shape index (κ3) is 4.28. The molecule has 1 unspecified atom stereocenters. The van der Waals surface area contributed by atoms with E-state index in [9.17, 15) is 27.1 Å². The third-order valence-corrected chi connectivity index (χ3v) is 4.92. The molecule has 0 saturated heterocycles. The Morgan fingerprint density at radius 2 is 2.00 bits per heavy atom. The van der Waals surface area contributed by atoms with Crippen molar-refractivity contribution >= 4 is 21.7 Å². The van der Waals surface area contributed by atoms with Crippen LogP contribution in [-0.2, 0) is 14.8 Å². The van der Waals surface area contributed by atoms with Crippen LogP contribution >= 0.6 is 0 Å². The summed E-state index contributed by atoms with van der Waals surface area (Å²) >= 11 is 0. The van der Waals surface area contributed by atoms with Gasteiger partial charge in [0.1, 0.15) is 16.9 Å². The smallest absolute Gasteiger partial charge is 0.545 e. The molecular formula is C13H12F2NNaO4S. The number of carboxylic acid groups (broad SMARTS) is 1. The van der Waals surface area contributed by atoms with Gasteiger partial charge in [-0.25, -0.2) is 17.2 Å². The van der Waals surface area contributed by atoms with E-state index in [1.807, 2.05) is 4.72 Å². The van der Waals surface area contributed by atoms with Crippen molar-refractivity contribution in [3.63, 3.8) is 0 Å². The van der Waals surface area contributed by atoms with E-state index in [1.54, 1.807) is 0 Å². The van der Waals surface area contributed by atoms with Crippen LogP contribution in [0.15, 0.2) is 29.8 Å². The average Bonchev–Trinajstić information content (AvgIpc) is 2.42. The number of nitrogens with one attached hydrogen (secondary N) is 1. The number of rotatable bonds is 4. The fraction of sp³-hybridized carbons (Fsp3) is 0.308. The monoisotopic (exact) mass is 339 g/mol. The molecule has 5 nitrogen and oxygen atoms in total. The van der Waals surface area contributed by atoms with E-state index in [0.29, 0.717) is 18.9 Å². The largest absolute Gasteiger partial charge is 1.00 e. The molecular weight excluding hydrogens is 327 g/mol. The second-order valence-electron chi connectivity index (χ2n) is 4.64. The summed E-state index contributed by atoms with van der Waals surface area (Å²) in [5.74, 6) is -3.48.